The number of esters is 1. The molecule has 0 saturated heterocycles. The summed E-state index contributed by atoms with van der Waals surface area (Å²) in [5.41, 5.74) is 2.82. The van der Waals surface area contributed by atoms with E-state index < -0.39 is 23.9 Å². The van der Waals surface area contributed by atoms with Gasteiger partial charge in [-0.3, -0.25) is 9.59 Å². The predicted molar refractivity (Wildman–Crippen MR) is 124 cm³/mol. The summed E-state index contributed by atoms with van der Waals surface area (Å²) in [5.74, 6) is -1.44. The highest BCUT2D eigenvalue weighted by Crippen LogP contribution is 2.31. The molecule has 1 heterocycles. The lowest BCUT2D eigenvalue weighted by Crippen LogP contribution is -2.29. The molecule has 33 heavy (non-hydrogen) atoms. The first-order valence-corrected chi connectivity index (χ1v) is 10.5. The van der Waals surface area contributed by atoms with E-state index >= 15 is 0 Å². The first-order valence-electron chi connectivity index (χ1n) is 10.5. The van der Waals surface area contributed by atoms with E-state index in [-0.39, 0.29) is 16.7 Å². The van der Waals surface area contributed by atoms with E-state index in [1.54, 1.807) is 24.3 Å². The molecular formula is C28H19NO4. The minimum atomic E-state index is -0.605. The standard InChI is InChI=1S/C28H19NO4/c30-26-23-17-16-21(18-24(23)27(31)29(26)22-14-8-3-9-15-22)28(32)33-25(19-10-4-1-5-11-19)20-12-6-2-7-13-20/h1-18,25H. The van der Waals surface area contributed by atoms with E-state index in [0.717, 1.165) is 16.0 Å². The van der Waals surface area contributed by atoms with Gasteiger partial charge >= 0.3 is 5.97 Å². The van der Waals surface area contributed by atoms with Gasteiger partial charge in [-0.25, -0.2) is 9.69 Å². The Morgan fingerprint density at radius 1 is 0.636 bits per heavy atom. The third-order valence-corrected chi connectivity index (χ3v) is 5.57. The van der Waals surface area contributed by atoms with Crippen molar-refractivity contribution in [3.8, 4) is 0 Å². The van der Waals surface area contributed by atoms with E-state index in [2.05, 4.69) is 0 Å². The molecule has 2 amide bonds. The largest absolute Gasteiger partial charge is 0.449 e. The normalized spacial score (nSPS) is 12.7. The molecule has 0 aromatic heterocycles. The number of rotatable bonds is 5. The SMILES string of the molecule is O=C(OC(c1ccccc1)c1ccccc1)c1ccc2c(c1)C(=O)N(c1ccccc1)C2=O. The summed E-state index contributed by atoms with van der Waals surface area (Å²) in [6.45, 7) is 0. The summed E-state index contributed by atoms with van der Waals surface area (Å²) in [4.78, 5) is 40.1. The molecule has 0 fully saturated rings. The van der Waals surface area contributed by atoms with Gasteiger partial charge in [0.05, 0.1) is 22.4 Å². The fourth-order valence-corrected chi connectivity index (χ4v) is 3.94. The Labute approximate surface area is 190 Å². The van der Waals surface area contributed by atoms with Crippen LogP contribution in [0.1, 0.15) is 48.3 Å². The molecule has 5 nitrogen and oxygen atoms in total. The summed E-state index contributed by atoms with van der Waals surface area (Å²) < 4.78 is 5.89. The highest BCUT2D eigenvalue weighted by molar-refractivity contribution is 6.34. The van der Waals surface area contributed by atoms with Gasteiger partial charge in [-0.1, -0.05) is 78.9 Å². The van der Waals surface area contributed by atoms with E-state index in [9.17, 15) is 14.4 Å². The van der Waals surface area contributed by atoms with E-state index in [1.165, 1.54) is 18.2 Å². The van der Waals surface area contributed by atoms with Crippen molar-refractivity contribution in [1.82, 2.24) is 0 Å². The molecule has 0 bridgehead atoms. The molecule has 0 N–H and O–H groups in total. The van der Waals surface area contributed by atoms with E-state index in [0.29, 0.717) is 5.69 Å². The Morgan fingerprint density at radius 2 is 1.15 bits per heavy atom. The fraction of sp³-hybridized carbons (Fsp3) is 0.0357. The van der Waals surface area contributed by atoms with Gasteiger partial charge in [-0.15, -0.1) is 0 Å². The minimum absolute atomic E-state index is 0.189. The minimum Gasteiger partial charge on any atom is -0.449 e. The maximum Gasteiger partial charge on any atom is 0.339 e. The number of carbonyl (C=O) groups is 3. The number of hydrogen-bond acceptors (Lipinski definition) is 4. The van der Waals surface area contributed by atoms with Gasteiger partial charge in [0.15, 0.2) is 6.10 Å². The summed E-state index contributed by atoms with van der Waals surface area (Å²) in [5, 5.41) is 0. The quantitative estimate of drug-likeness (QED) is 0.311. The number of anilines is 1. The topological polar surface area (TPSA) is 63.7 Å². The molecule has 0 saturated carbocycles. The van der Waals surface area contributed by atoms with Crippen molar-refractivity contribution in [1.29, 1.82) is 0 Å². The van der Waals surface area contributed by atoms with Gasteiger partial charge < -0.3 is 4.74 Å². The summed E-state index contributed by atoms with van der Waals surface area (Å²) in [7, 11) is 0. The summed E-state index contributed by atoms with van der Waals surface area (Å²) in [6.07, 6.45) is -0.605. The number of nitrogens with zero attached hydrogens (tertiary/aromatic N) is 1. The van der Waals surface area contributed by atoms with E-state index in [1.807, 2.05) is 66.7 Å². The Hall–Kier alpha value is -4.51. The van der Waals surface area contributed by atoms with Crippen LogP contribution in [-0.4, -0.2) is 17.8 Å². The van der Waals surface area contributed by atoms with Gasteiger partial charge in [0.1, 0.15) is 0 Å². The number of carbonyl (C=O) groups excluding carboxylic acids is 3. The number of hydrogen-bond donors (Lipinski definition) is 0. The lowest BCUT2D eigenvalue weighted by Gasteiger charge is -2.19. The Balaban J connectivity index is 1.45. The average Bonchev–Trinajstić information content (AvgIpc) is 3.13. The van der Waals surface area contributed by atoms with Crippen LogP contribution in [0.15, 0.2) is 109 Å². The fourth-order valence-electron chi connectivity index (χ4n) is 3.94. The second-order valence-electron chi connectivity index (χ2n) is 7.65. The molecule has 1 aliphatic heterocycles. The maximum atomic E-state index is 13.1. The molecule has 160 valence electrons. The van der Waals surface area contributed by atoms with Gasteiger partial charge in [-0.2, -0.15) is 0 Å². The Morgan fingerprint density at radius 3 is 1.73 bits per heavy atom. The molecule has 4 aromatic rings. The summed E-state index contributed by atoms with van der Waals surface area (Å²) in [6, 6.07) is 32.1. The Kier molecular flexibility index (Phi) is 5.29. The van der Waals surface area contributed by atoms with Crippen LogP contribution >= 0.6 is 0 Å². The summed E-state index contributed by atoms with van der Waals surface area (Å²) >= 11 is 0. The van der Waals surface area contributed by atoms with Crippen LogP contribution in [0, 0.1) is 0 Å². The highest BCUT2D eigenvalue weighted by atomic mass is 16.5. The first kappa shape index (κ1) is 20.4. The van der Waals surface area contributed by atoms with E-state index in [4.69, 9.17) is 4.74 Å². The predicted octanol–water partition coefficient (Wildman–Crippen LogP) is 5.43. The van der Waals surface area contributed by atoms with Crippen LogP contribution in [0.25, 0.3) is 0 Å². The molecule has 0 aliphatic carbocycles. The highest BCUT2D eigenvalue weighted by Gasteiger charge is 2.37. The van der Waals surface area contributed by atoms with Crippen molar-refractivity contribution in [3.05, 3.63) is 137 Å². The Bertz CT molecular complexity index is 1290. The van der Waals surface area contributed by atoms with Crippen LogP contribution in [0.4, 0.5) is 5.69 Å². The first-order chi connectivity index (χ1) is 16.1. The molecule has 4 aromatic carbocycles. The van der Waals surface area contributed by atoms with Crippen molar-refractivity contribution in [2.75, 3.05) is 4.90 Å². The molecular weight excluding hydrogens is 414 g/mol. The van der Waals surface area contributed by atoms with Crippen LogP contribution in [0.5, 0.6) is 0 Å². The van der Waals surface area contributed by atoms with Crippen LogP contribution in [0.3, 0.4) is 0 Å². The molecule has 5 rings (SSSR count). The van der Waals surface area contributed by atoms with Crippen LogP contribution in [-0.2, 0) is 4.74 Å². The second-order valence-corrected chi connectivity index (χ2v) is 7.65. The number of imide groups is 1. The zero-order valence-corrected chi connectivity index (χ0v) is 17.5. The molecule has 1 aliphatic rings. The molecule has 0 spiro atoms. The number of fused-ring (bicyclic) bond motifs is 1. The lowest BCUT2D eigenvalue weighted by molar-refractivity contribution is 0.0378. The zero-order chi connectivity index (χ0) is 22.8. The van der Waals surface area contributed by atoms with Crippen LogP contribution in [0.2, 0.25) is 0 Å². The van der Waals surface area contributed by atoms with Crippen molar-refractivity contribution in [2.24, 2.45) is 0 Å². The number of ether oxygens (including phenoxy) is 1. The monoisotopic (exact) mass is 433 g/mol. The van der Waals surface area contributed by atoms with Crippen molar-refractivity contribution < 1.29 is 19.1 Å². The van der Waals surface area contributed by atoms with Gasteiger partial charge in [0.2, 0.25) is 0 Å². The molecule has 0 radical (unpaired) electrons. The third kappa shape index (κ3) is 3.81. The maximum absolute atomic E-state index is 13.1. The van der Waals surface area contributed by atoms with Gasteiger partial charge in [0, 0.05) is 0 Å². The molecule has 0 unspecified atom stereocenters. The zero-order valence-electron chi connectivity index (χ0n) is 17.5. The van der Waals surface area contributed by atoms with Crippen LogP contribution < -0.4 is 4.90 Å². The average molecular weight is 433 g/mol. The smallest absolute Gasteiger partial charge is 0.339 e. The van der Waals surface area contributed by atoms with Crippen molar-refractivity contribution in [2.45, 2.75) is 6.10 Å². The van der Waals surface area contributed by atoms with Gasteiger partial charge in [-0.05, 0) is 41.5 Å². The third-order valence-electron chi connectivity index (χ3n) is 5.57. The second kappa shape index (κ2) is 8.55. The molecule has 0 atom stereocenters. The number of para-hydroxylation sites is 1. The number of amides is 2. The number of benzene rings is 4. The van der Waals surface area contributed by atoms with Crippen molar-refractivity contribution >= 4 is 23.5 Å². The molecule has 5 heteroatoms. The van der Waals surface area contributed by atoms with Gasteiger partial charge in [0.25, 0.3) is 11.8 Å². The lowest BCUT2D eigenvalue weighted by atomic mass is 10.0. The van der Waals surface area contributed by atoms with Crippen molar-refractivity contribution in [3.63, 3.8) is 0 Å².